The molecule has 2 aliphatic rings. The van der Waals surface area contributed by atoms with Crippen LogP contribution in [-0.4, -0.2) is 55.4 Å². The molecule has 2 saturated heterocycles. The van der Waals surface area contributed by atoms with Crippen molar-refractivity contribution in [2.75, 3.05) is 33.2 Å². The highest BCUT2D eigenvalue weighted by atomic mass is 16.1. The van der Waals surface area contributed by atoms with Gasteiger partial charge in [0.15, 0.2) is 0 Å². The molecule has 2 rings (SSSR count). The molecule has 0 amide bonds. The average molecular weight is 210 g/mol. The molecule has 0 spiro atoms. The molecule has 2 heterocycles. The van der Waals surface area contributed by atoms with Gasteiger partial charge in [-0.25, -0.2) is 0 Å². The predicted octanol–water partition coefficient (Wildman–Crippen LogP) is 0.992. The largest absolute Gasteiger partial charge is 0.303 e. The lowest BCUT2D eigenvalue weighted by Gasteiger charge is -2.45. The van der Waals surface area contributed by atoms with Crippen LogP contribution in [0.15, 0.2) is 0 Å². The summed E-state index contributed by atoms with van der Waals surface area (Å²) in [7, 11) is 2.26. The summed E-state index contributed by atoms with van der Waals surface area (Å²) in [6, 6.07) is 0.811. The minimum Gasteiger partial charge on any atom is -0.303 e. The first-order valence-corrected chi connectivity index (χ1v) is 6.17. The van der Waals surface area contributed by atoms with E-state index in [0.717, 1.165) is 24.8 Å². The molecule has 0 aromatic rings. The number of aldehydes is 1. The topological polar surface area (TPSA) is 23.6 Å². The summed E-state index contributed by atoms with van der Waals surface area (Å²) in [6.45, 7) is 4.63. The molecule has 2 fully saturated rings. The van der Waals surface area contributed by atoms with Crippen LogP contribution >= 0.6 is 0 Å². The van der Waals surface area contributed by atoms with E-state index >= 15 is 0 Å². The van der Waals surface area contributed by atoms with Crippen molar-refractivity contribution in [2.24, 2.45) is 5.92 Å². The van der Waals surface area contributed by atoms with Crippen LogP contribution in [0.1, 0.15) is 25.7 Å². The Hall–Kier alpha value is -0.410. The fourth-order valence-electron chi connectivity index (χ4n) is 3.17. The number of piperidine rings is 2. The Labute approximate surface area is 92.4 Å². The normalized spacial score (nSPS) is 33.7. The summed E-state index contributed by atoms with van der Waals surface area (Å²) in [5.74, 6) is 0.851. The molecule has 3 nitrogen and oxygen atoms in total. The maximum Gasteiger partial charge on any atom is 0.121 e. The second kappa shape index (κ2) is 5.08. The molecular formula is C12H22N2O. The summed E-state index contributed by atoms with van der Waals surface area (Å²) in [5, 5.41) is 0. The average Bonchev–Trinajstić information content (AvgIpc) is 2.26. The second-order valence-electron chi connectivity index (χ2n) is 4.99. The molecule has 3 heteroatoms. The molecule has 0 saturated carbocycles. The standard InChI is InChI=1S/C12H22N2O/c1-13-6-2-4-11-10-14(7-3-9-15)8-5-12(11)13/h9,11-12H,2-8,10H2,1H3. The van der Waals surface area contributed by atoms with Crippen LogP contribution in [0.2, 0.25) is 0 Å². The van der Waals surface area contributed by atoms with E-state index in [2.05, 4.69) is 16.8 Å². The van der Waals surface area contributed by atoms with Crippen molar-refractivity contribution in [2.45, 2.75) is 31.7 Å². The van der Waals surface area contributed by atoms with E-state index in [1.165, 1.54) is 38.9 Å². The third-order valence-electron chi connectivity index (χ3n) is 3.99. The molecule has 0 radical (unpaired) electrons. The van der Waals surface area contributed by atoms with Crippen LogP contribution in [0.25, 0.3) is 0 Å². The van der Waals surface area contributed by atoms with Gasteiger partial charge < -0.3 is 14.6 Å². The molecule has 86 valence electrons. The van der Waals surface area contributed by atoms with E-state index in [9.17, 15) is 4.79 Å². The molecule has 0 N–H and O–H groups in total. The number of carbonyl (C=O) groups is 1. The summed E-state index contributed by atoms with van der Waals surface area (Å²) in [5.41, 5.74) is 0. The predicted molar refractivity (Wildman–Crippen MR) is 60.9 cm³/mol. The highest BCUT2D eigenvalue weighted by molar-refractivity contribution is 5.49. The third-order valence-corrected chi connectivity index (χ3v) is 3.99. The van der Waals surface area contributed by atoms with Crippen molar-refractivity contribution in [1.29, 1.82) is 0 Å². The Bertz CT molecular complexity index is 220. The van der Waals surface area contributed by atoms with E-state index in [4.69, 9.17) is 0 Å². The zero-order valence-corrected chi connectivity index (χ0v) is 9.69. The molecular weight excluding hydrogens is 188 g/mol. The number of nitrogens with zero attached hydrogens (tertiary/aromatic N) is 2. The minimum atomic E-state index is 0.702. The van der Waals surface area contributed by atoms with Gasteiger partial charge in [0.25, 0.3) is 0 Å². The first kappa shape index (κ1) is 11.1. The van der Waals surface area contributed by atoms with E-state index in [0.29, 0.717) is 6.42 Å². The number of fused-ring (bicyclic) bond motifs is 1. The lowest BCUT2D eigenvalue weighted by atomic mass is 9.84. The monoisotopic (exact) mass is 210 g/mol. The fourth-order valence-corrected chi connectivity index (χ4v) is 3.17. The van der Waals surface area contributed by atoms with Gasteiger partial charge in [-0.15, -0.1) is 0 Å². The molecule has 0 aromatic heterocycles. The Morgan fingerprint density at radius 2 is 2.20 bits per heavy atom. The van der Waals surface area contributed by atoms with E-state index < -0.39 is 0 Å². The van der Waals surface area contributed by atoms with Crippen LogP contribution in [-0.2, 0) is 4.79 Å². The second-order valence-corrected chi connectivity index (χ2v) is 4.99. The first-order chi connectivity index (χ1) is 7.31. The summed E-state index contributed by atoms with van der Waals surface area (Å²) in [4.78, 5) is 15.3. The van der Waals surface area contributed by atoms with Crippen molar-refractivity contribution in [3.8, 4) is 0 Å². The minimum absolute atomic E-state index is 0.702. The smallest absolute Gasteiger partial charge is 0.121 e. The zero-order valence-electron chi connectivity index (χ0n) is 9.69. The van der Waals surface area contributed by atoms with Gasteiger partial charge in [0.1, 0.15) is 6.29 Å². The Morgan fingerprint density at radius 1 is 1.33 bits per heavy atom. The van der Waals surface area contributed by atoms with Crippen LogP contribution < -0.4 is 0 Å². The summed E-state index contributed by atoms with van der Waals surface area (Å²) >= 11 is 0. The van der Waals surface area contributed by atoms with Gasteiger partial charge in [0, 0.05) is 25.6 Å². The molecule has 2 atom stereocenters. The highest BCUT2D eigenvalue weighted by Gasteiger charge is 2.33. The lowest BCUT2D eigenvalue weighted by molar-refractivity contribution is -0.108. The maximum absolute atomic E-state index is 10.3. The van der Waals surface area contributed by atoms with Gasteiger partial charge in [-0.05, 0) is 45.3 Å². The Kier molecular flexibility index (Phi) is 3.76. The molecule has 0 aliphatic carbocycles. The van der Waals surface area contributed by atoms with E-state index in [-0.39, 0.29) is 0 Å². The summed E-state index contributed by atoms with van der Waals surface area (Å²) < 4.78 is 0. The van der Waals surface area contributed by atoms with Crippen LogP contribution in [0.5, 0.6) is 0 Å². The first-order valence-electron chi connectivity index (χ1n) is 6.17. The summed E-state index contributed by atoms with van der Waals surface area (Å²) in [6.07, 6.45) is 5.76. The third kappa shape index (κ3) is 2.58. The molecule has 2 aliphatic heterocycles. The molecule has 15 heavy (non-hydrogen) atoms. The highest BCUT2D eigenvalue weighted by Crippen LogP contribution is 2.29. The van der Waals surface area contributed by atoms with Gasteiger partial charge in [-0.3, -0.25) is 0 Å². The van der Waals surface area contributed by atoms with Crippen LogP contribution in [0, 0.1) is 5.92 Å². The fraction of sp³-hybridized carbons (Fsp3) is 0.917. The van der Waals surface area contributed by atoms with Crippen molar-refractivity contribution in [1.82, 2.24) is 9.80 Å². The number of rotatable bonds is 3. The molecule has 0 aromatic carbocycles. The van der Waals surface area contributed by atoms with Gasteiger partial charge >= 0.3 is 0 Å². The maximum atomic E-state index is 10.3. The lowest BCUT2D eigenvalue weighted by Crippen LogP contribution is -2.52. The number of hydrogen-bond acceptors (Lipinski definition) is 3. The quantitative estimate of drug-likeness (QED) is 0.649. The van der Waals surface area contributed by atoms with Gasteiger partial charge in [0.05, 0.1) is 0 Å². The van der Waals surface area contributed by atoms with Crippen molar-refractivity contribution in [3.05, 3.63) is 0 Å². The van der Waals surface area contributed by atoms with E-state index in [1.54, 1.807) is 0 Å². The van der Waals surface area contributed by atoms with Gasteiger partial charge in [-0.1, -0.05) is 0 Å². The Balaban J connectivity index is 1.85. The van der Waals surface area contributed by atoms with Crippen LogP contribution in [0.4, 0.5) is 0 Å². The molecule has 2 unspecified atom stereocenters. The van der Waals surface area contributed by atoms with Crippen molar-refractivity contribution in [3.63, 3.8) is 0 Å². The van der Waals surface area contributed by atoms with E-state index in [1.807, 2.05) is 0 Å². The number of likely N-dealkylation sites (tertiary alicyclic amines) is 2. The van der Waals surface area contributed by atoms with Crippen LogP contribution in [0.3, 0.4) is 0 Å². The molecule has 0 bridgehead atoms. The van der Waals surface area contributed by atoms with Crippen molar-refractivity contribution >= 4 is 6.29 Å². The zero-order chi connectivity index (χ0) is 10.7. The SMILES string of the molecule is CN1CCCC2CN(CCC=O)CCC21. The van der Waals surface area contributed by atoms with Gasteiger partial charge in [-0.2, -0.15) is 0 Å². The number of hydrogen-bond donors (Lipinski definition) is 0. The number of carbonyl (C=O) groups excluding carboxylic acids is 1. The van der Waals surface area contributed by atoms with Crippen molar-refractivity contribution < 1.29 is 4.79 Å². The van der Waals surface area contributed by atoms with Gasteiger partial charge in [0.2, 0.25) is 0 Å². The Morgan fingerprint density at radius 3 is 3.00 bits per heavy atom.